The third-order valence-electron chi connectivity index (χ3n) is 2.15. The molecular weight excluding hydrogens is 218 g/mol. The molecule has 2 N–H and O–H groups in total. The summed E-state index contributed by atoms with van der Waals surface area (Å²) in [5.41, 5.74) is 1.35. The van der Waals surface area contributed by atoms with Crippen LogP contribution in [0.4, 0.5) is 5.69 Å². The summed E-state index contributed by atoms with van der Waals surface area (Å²) in [5, 5.41) is 14.6. The van der Waals surface area contributed by atoms with Crippen LogP contribution in [-0.4, -0.2) is 26.1 Å². The van der Waals surface area contributed by atoms with Crippen molar-refractivity contribution in [1.29, 1.82) is 5.26 Å². The number of hydrogen-bond donors (Lipinski definition) is 2. The number of hydrogen-bond acceptors (Lipinski definition) is 4. The Morgan fingerprint density at radius 1 is 1.47 bits per heavy atom. The lowest BCUT2D eigenvalue weighted by Gasteiger charge is -2.11. The van der Waals surface area contributed by atoms with Gasteiger partial charge in [-0.1, -0.05) is 0 Å². The summed E-state index contributed by atoms with van der Waals surface area (Å²) < 4.78 is 5.17. The van der Waals surface area contributed by atoms with Gasteiger partial charge in [0.2, 0.25) is 5.91 Å². The lowest BCUT2D eigenvalue weighted by Crippen LogP contribution is -2.26. The molecule has 0 unspecified atom stereocenters. The quantitative estimate of drug-likeness (QED) is 0.747. The molecule has 0 heterocycles. The van der Waals surface area contributed by atoms with Gasteiger partial charge in [-0.25, -0.2) is 0 Å². The van der Waals surface area contributed by atoms with Gasteiger partial charge in [-0.2, -0.15) is 5.26 Å². The molecule has 0 atom stereocenters. The molecule has 5 nitrogen and oxygen atoms in total. The average molecular weight is 233 g/mol. The highest BCUT2D eigenvalue weighted by atomic mass is 16.5. The molecule has 0 spiro atoms. The predicted molar refractivity (Wildman–Crippen MR) is 64.9 cm³/mol. The Morgan fingerprint density at radius 2 is 2.24 bits per heavy atom. The minimum Gasteiger partial charge on any atom is -0.495 e. The van der Waals surface area contributed by atoms with Crippen LogP contribution in [0.25, 0.3) is 0 Å². The summed E-state index contributed by atoms with van der Waals surface area (Å²) in [7, 11) is 1.55. The fourth-order valence-corrected chi connectivity index (χ4v) is 1.34. The van der Waals surface area contributed by atoms with Gasteiger partial charge in [-0.3, -0.25) is 4.79 Å². The first-order chi connectivity index (χ1) is 8.17. The zero-order valence-corrected chi connectivity index (χ0v) is 9.91. The summed E-state index contributed by atoms with van der Waals surface area (Å²) in [4.78, 5) is 10.7. The second-order valence-electron chi connectivity index (χ2n) is 3.44. The van der Waals surface area contributed by atoms with E-state index in [2.05, 4.69) is 10.6 Å². The van der Waals surface area contributed by atoms with E-state index in [0.29, 0.717) is 24.4 Å². The van der Waals surface area contributed by atoms with E-state index in [1.807, 2.05) is 6.07 Å². The number of nitrogens with one attached hydrogen (secondary N) is 2. The van der Waals surface area contributed by atoms with Crippen LogP contribution in [0.2, 0.25) is 0 Å². The molecule has 5 heteroatoms. The topological polar surface area (TPSA) is 74.2 Å². The molecule has 0 aliphatic carbocycles. The van der Waals surface area contributed by atoms with E-state index in [4.69, 9.17) is 10.00 Å². The Labute approximate surface area is 100 Å². The highest BCUT2D eigenvalue weighted by molar-refractivity contribution is 5.72. The van der Waals surface area contributed by atoms with E-state index in [-0.39, 0.29) is 5.91 Å². The standard InChI is InChI=1S/C12H15N3O2/c1-9(16)14-5-6-15-11-4-3-10(8-13)7-12(11)17-2/h3-4,7,15H,5-6H2,1-2H3,(H,14,16). The number of carbonyl (C=O) groups is 1. The molecule has 0 aliphatic heterocycles. The fraction of sp³-hybridized carbons (Fsp3) is 0.333. The minimum atomic E-state index is -0.0569. The summed E-state index contributed by atoms with van der Waals surface area (Å²) in [6.07, 6.45) is 0. The van der Waals surface area contributed by atoms with E-state index in [1.165, 1.54) is 6.92 Å². The highest BCUT2D eigenvalue weighted by Gasteiger charge is 2.03. The SMILES string of the molecule is COc1cc(C#N)ccc1NCCNC(C)=O. The molecule has 90 valence electrons. The number of anilines is 1. The fourth-order valence-electron chi connectivity index (χ4n) is 1.34. The second kappa shape index (κ2) is 6.38. The molecule has 1 amide bonds. The summed E-state index contributed by atoms with van der Waals surface area (Å²) in [6, 6.07) is 7.21. The van der Waals surface area contributed by atoms with Crippen LogP contribution < -0.4 is 15.4 Å². The Hall–Kier alpha value is -2.22. The lowest BCUT2D eigenvalue weighted by atomic mass is 10.2. The molecule has 17 heavy (non-hydrogen) atoms. The van der Waals surface area contributed by atoms with Gasteiger partial charge >= 0.3 is 0 Å². The lowest BCUT2D eigenvalue weighted by molar-refractivity contribution is -0.118. The van der Waals surface area contributed by atoms with Crippen molar-refractivity contribution < 1.29 is 9.53 Å². The zero-order chi connectivity index (χ0) is 12.7. The maximum atomic E-state index is 10.7. The van der Waals surface area contributed by atoms with Crippen molar-refractivity contribution in [3.05, 3.63) is 23.8 Å². The Balaban J connectivity index is 2.59. The Morgan fingerprint density at radius 3 is 2.82 bits per heavy atom. The predicted octanol–water partition coefficient (Wildman–Crippen LogP) is 1.11. The molecule has 0 saturated carbocycles. The second-order valence-corrected chi connectivity index (χ2v) is 3.44. The van der Waals surface area contributed by atoms with Gasteiger partial charge in [0.15, 0.2) is 0 Å². The molecule has 0 fully saturated rings. The van der Waals surface area contributed by atoms with E-state index in [9.17, 15) is 4.79 Å². The number of ether oxygens (including phenoxy) is 1. The maximum Gasteiger partial charge on any atom is 0.216 e. The van der Waals surface area contributed by atoms with Crippen LogP contribution in [0.1, 0.15) is 12.5 Å². The van der Waals surface area contributed by atoms with Gasteiger partial charge in [0.05, 0.1) is 24.4 Å². The van der Waals surface area contributed by atoms with E-state index < -0.39 is 0 Å². The molecule has 0 bridgehead atoms. The van der Waals surface area contributed by atoms with Gasteiger partial charge in [0, 0.05) is 26.1 Å². The Kier molecular flexibility index (Phi) is 4.82. The minimum absolute atomic E-state index is 0.0569. The first-order valence-electron chi connectivity index (χ1n) is 5.24. The van der Waals surface area contributed by atoms with Crippen LogP contribution in [-0.2, 0) is 4.79 Å². The van der Waals surface area contributed by atoms with Crippen molar-refractivity contribution in [3.8, 4) is 11.8 Å². The molecule has 0 radical (unpaired) electrons. The smallest absolute Gasteiger partial charge is 0.216 e. The summed E-state index contributed by atoms with van der Waals surface area (Å²) >= 11 is 0. The molecule has 0 aliphatic rings. The van der Waals surface area contributed by atoms with Crippen molar-refractivity contribution >= 4 is 11.6 Å². The van der Waals surface area contributed by atoms with Crippen LogP contribution in [0.15, 0.2) is 18.2 Å². The van der Waals surface area contributed by atoms with E-state index in [0.717, 1.165) is 5.69 Å². The zero-order valence-electron chi connectivity index (χ0n) is 9.91. The number of benzene rings is 1. The van der Waals surface area contributed by atoms with Gasteiger partial charge < -0.3 is 15.4 Å². The first-order valence-corrected chi connectivity index (χ1v) is 5.24. The normalized spacial score (nSPS) is 9.24. The molecule has 0 saturated heterocycles. The monoisotopic (exact) mass is 233 g/mol. The number of nitriles is 1. The molecule has 0 aromatic heterocycles. The molecule has 1 aromatic rings. The van der Waals surface area contributed by atoms with Crippen LogP contribution in [0.5, 0.6) is 5.75 Å². The third-order valence-corrected chi connectivity index (χ3v) is 2.15. The van der Waals surface area contributed by atoms with Gasteiger partial charge in [-0.05, 0) is 12.1 Å². The number of nitrogens with zero attached hydrogens (tertiary/aromatic N) is 1. The third kappa shape index (κ3) is 4.03. The molecule has 1 rings (SSSR count). The first kappa shape index (κ1) is 12.8. The van der Waals surface area contributed by atoms with Crippen molar-refractivity contribution in [2.45, 2.75) is 6.92 Å². The largest absolute Gasteiger partial charge is 0.495 e. The Bertz CT molecular complexity index is 438. The number of rotatable bonds is 5. The maximum absolute atomic E-state index is 10.7. The summed E-state index contributed by atoms with van der Waals surface area (Å²) in [6.45, 7) is 2.61. The average Bonchev–Trinajstić information content (AvgIpc) is 2.34. The van der Waals surface area contributed by atoms with Gasteiger partial charge in [0.25, 0.3) is 0 Å². The van der Waals surface area contributed by atoms with Gasteiger partial charge in [0.1, 0.15) is 5.75 Å². The number of carbonyl (C=O) groups excluding carboxylic acids is 1. The highest BCUT2D eigenvalue weighted by Crippen LogP contribution is 2.24. The molecular formula is C12H15N3O2. The van der Waals surface area contributed by atoms with Gasteiger partial charge in [-0.15, -0.1) is 0 Å². The number of amides is 1. The summed E-state index contributed by atoms with van der Waals surface area (Å²) in [5.74, 6) is 0.561. The van der Waals surface area contributed by atoms with Crippen LogP contribution in [0.3, 0.4) is 0 Å². The van der Waals surface area contributed by atoms with Crippen molar-refractivity contribution in [2.24, 2.45) is 0 Å². The molecule has 1 aromatic carbocycles. The van der Waals surface area contributed by atoms with E-state index >= 15 is 0 Å². The van der Waals surface area contributed by atoms with Crippen LogP contribution in [0, 0.1) is 11.3 Å². The van der Waals surface area contributed by atoms with Crippen molar-refractivity contribution in [3.63, 3.8) is 0 Å². The number of methoxy groups -OCH3 is 1. The van der Waals surface area contributed by atoms with E-state index in [1.54, 1.807) is 25.3 Å². The van der Waals surface area contributed by atoms with Crippen LogP contribution >= 0.6 is 0 Å². The van der Waals surface area contributed by atoms with Crippen molar-refractivity contribution in [1.82, 2.24) is 5.32 Å². The van der Waals surface area contributed by atoms with Crippen molar-refractivity contribution in [2.75, 3.05) is 25.5 Å².